The zero-order valence-corrected chi connectivity index (χ0v) is 93.3. The first-order valence-corrected chi connectivity index (χ1v) is 52.7. The third kappa shape index (κ3) is 40.1. The molecule has 745 valence electrons. The minimum absolute atomic E-state index is 0. The molecule has 6 saturated heterocycles. The standard InChI is InChI=1S/C20H21N3O2S.C14H16BrN3O2S.C14H14BrN3O2S.C13H20N2O3S.C9H17NO3.C8H12N2OS.C6H7BO2.C6H3BrFNO.C4H4BrNS.B.Na.H/c1-14-13-26-20(21-14)25-16-9-10-23(11-16)19-8-7-17(22-18(19)12-24)15-5-3-2-4-6-15;2*1-9-8-21-14(16-9)20-10-4-5-18(6-10)12-2-3-13(15)17-11(12)7-19;1-9-8-19-11(14-9)17-10-5-6-15(7-10)12(16)18-13(2,3)4;1-9(2,3)13-8(12)10-5-4-7(11)6-10;1-6-5-12-8(10-6)11-7-2-3-9-4-7;8-7(9)6-4-2-1-3-5-6;7-6-2-1-4(8)5(3-10)9-6;1-3-2-7-4(5)6-3;;;/h2-8,13,16,24H,9-12H2,1H3;2-3,8,10,19H,4-7H2,1H3;2-3,7-8,10H,4-6H2,1H3;8,10H,5-7H2,1-4H3;7,11H,4-6H2,1-3H3;5,7,9H,2-4H2,1H3;1-5,8-9H;1-3H;2H,1H3;;;/q;;;;;;;;;;+1;-1/t16-;3*10-;2*7-;;;;;;/m000000....../s1. The van der Waals surface area contributed by atoms with Gasteiger partial charge >= 0.3 is 48.9 Å². The van der Waals surface area contributed by atoms with Crippen molar-refractivity contribution < 1.29 is 113 Å². The number of likely N-dealkylation sites (tertiary alicyclic amines) is 2. The van der Waals surface area contributed by atoms with E-state index in [1.165, 1.54) is 62.4 Å². The maximum atomic E-state index is 12.5. The van der Waals surface area contributed by atoms with Crippen LogP contribution in [0.3, 0.4) is 0 Å². The summed E-state index contributed by atoms with van der Waals surface area (Å²) in [6, 6.07) is 33.0. The van der Waals surface area contributed by atoms with Gasteiger partial charge in [0.1, 0.15) is 66.9 Å². The molecule has 6 atom stereocenters. The van der Waals surface area contributed by atoms with Crippen molar-refractivity contribution >= 4 is 195 Å². The number of nitrogens with one attached hydrogen (secondary N) is 1. The molecule has 6 fully saturated rings. The SMILES string of the molecule is CC(C)(C)OC(=O)N1CC[C@H](O)C1.Cc1csc(Br)n1.Cc1csc(O[C@H]2CCN(C(=O)OC(C)(C)C)C2)n1.Cc1csc(O[C@H]2CCN(c3ccc(-c4ccccc4)nc3CO)C2)n1.Cc1csc(O[C@H]2CCN(c3ccc(Br)nc3C=O)C2)n1.Cc1csc(O[C@H]2CCN(c3ccc(Br)nc3CO)C2)n1.Cc1csc(O[C@H]2CCNC2)n1.O=Cc1nc(Br)ccc1F.OB(O)c1ccccc1.[B].[H-].[Na+]. The minimum atomic E-state index is -1.34. The molecular weight excluding hydrogens is 2180 g/mol. The molecule has 46 heteroatoms. The fraction of sp³-hybridized carbons (Fsp3) is 0.426. The largest absolute Gasteiger partial charge is 1.00 e. The number of rotatable bonds is 19. The first kappa shape index (κ1) is 117. The summed E-state index contributed by atoms with van der Waals surface area (Å²) in [4.78, 5) is 96.7. The number of pyridine rings is 4. The molecule has 12 aromatic rings. The summed E-state index contributed by atoms with van der Waals surface area (Å²) in [6.45, 7) is 31.9. The zero-order valence-electron chi connectivity index (χ0n) is 81.0. The molecule has 6 N–H and O–H groups in total. The molecule has 6 aliphatic rings. The van der Waals surface area contributed by atoms with Crippen LogP contribution in [0.25, 0.3) is 11.3 Å². The second-order valence-electron chi connectivity index (χ2n) is 34.0. The van der Waals surface area contributed by atoms with E-state index >= 15 is 0 Å². The summed E-state index contributed by atoms with van der Waals surface area (Å²) in [6.07, 6.45) is 6.22. The molecular formula is C94H115B2Br4FN16NaO16S6. The monoisotopic (exact) mass is 2300 g/mol. The third-order valence-corrected chi connectivity index (χ3v) is 27.3. The maximum Gasteiger partial charge on any atom is 1.00 e. The Hall–Kier alpha value is -8.16. The number of aryl methyl sites for hydroxylation is 6. The van der Waals surface area contributed by atoms with Gasteiger partial charge in [-0.25, -0.2) is 63.8 Å². The van der Waals surface area contributed by atoms with Crippen LogP contribution in [0.2, 0.25) is 0 Å². The minimum Gasteiger partial charge on any atom is -1.00 e. The van der Waals surface area contributed by atoms with E-state index in [-0.39, 0.29) is 101 Å². The van der Waals surface area contributed by atoms with Gasteiger partial charge in [0.25, 0.3) is 26.0 Å². The number of amides is 2. The van der Waals surface area contributed by atoms with Gasteiger partial charge in [-0.2, -0.15) is 0 Å². The molecule has 0 bridgehead atoms. The smallest absolute Gasteiger partial charge is 1.00 e. The summed E-state index contributed by atoms with van der Waals surface area (Å²) in [7, 11) is -1.34. The Labute approximate surface area is 899 Å². The second kappa shape index (κ2) is 58.7. The van der Waals surface area contributed by atoms with Crippen LogP contribution in [0.5, 0.6) is 26.0 Å². The van der Waals surface area contributed by atoms with Crippen molar-refractivity contribution in [3.8, 4) is 37.2 Å². The van der Waals surface area contributed by atoms with Crippen LogP contribution in [0, 0.1) is 47.4 Å². The van der Waals surface area contributed by atoms with Crippen molar-refractivity contribution in [2.24, 2.45) is 0 Å². The fourth-order valence-corrected chi connectivity index (χ4v) is 19.5. The zero-order chi connectivity index (χ0) is 99.6. The summed E-state index contributed by atoms with van der Waals surface area (Å²) < 4.78 is 55.0. The first-order chi connectivity index (χ1) is 65.9. The molecule has 10 aromatic heterocycles. The number of β-amino-alcohol motifs (C(OH)–C–C–N with tert-alkyl or cyclic N) is 1. The van der Waals surface area contributed by atoms with Gasteiger partial charge in [-0.05, 0) is 220 Å². The van der Waals surface area contributed by atoms with Gasteiger partial charge in [0.2, 0.25) is 0 Å². The summed E-state index contributed by atoms with van der Waals surface area (Å²) in [5.41, 5.74) is 12.1. The van der Waals surface area contributed by atoms with E-state index in [4.69, 9.17) is 43.2 Å². The van der Waals surface area contributed by atoms with Crippen molar-refractivity contribution in [1.29, 1.82) is 0 Å². The number of hydrogen-bond acceptors (Lipinski definition) is 36. The number of nitrogens with zero attached hydrogens (tertiary/aromatic N) is 15. The van der Waals surface area contributed by atoms with Gasteiger partial charge in [-0.3, -0.25) is 9.59 Å². The van der Waals surface area contributed by atoms with E-state index in [1.807, 2.05) is 182 Å². The Bertz CT molecular complexity index is 5790. The van der Waals surface area contributed by atoms with Gasteiger partial charge < -0.3 is 89.8 Å². The molecule has 18 rings (SSSR count). The number of aliphatic hydroxyl groups excluding tert-OH is 3. The second-order valence-corrected chi connectivity index (χ2v) is 42.7. The van der Waals surface area contributed by atoms with Crippen LogP contribution in [-0.2, 0) is 22.7 Å². The molecule has 140 heavy (non-hydrogen) atoms. The molecule has 0 unspecified atom stereocenters. The van der Waals surface area contributed by atoms with E-state index in [0.29, 0.717) is 87.1 Å². The van der Waals surface area contributed by atoms with Crippen molar-refractivity contribution in [2.45, 2.75) is 183 Å². The number of halogens is 5. The number of benzene rings is 2. The Morgan fingerprint density at radius 1 is 0.457 bits per heavy atom. The maximum absolute atomic E-state index is 12.5. The molecule has 16 heterocycles. The van der Waals surface area contributed by atoms with Crippen LogP contribution in [-0.4, -0.2) is 252 Å². The molecule has 0 spiro atoms. The Morgan fingerprint density at radius 2 is 0.829 bits per heavy atom. The third-order valence-electron chi connectivity index (χ3n) is 20.3. The summed E-state index contributed by atoms with van der Waals surface area (Å²) >= 11 is 22.1. The molecule has 2 aromatic carbocycles. The molecule has 2 amide bonds. The predicted octanol–water partition coefficient (Wildman–Crippen LogP) is 14.6. The first-order valence-electron chi connectivity index (χ1n) is 44.3. The van der Waals surface area contributed by atoms with Gasteiger partial charge in [0.05, 0.1) is 108 Å². The predicted molar refractivity (Wildman–Crippen MR) is 561 cm³/mol. The van der Waals surface area contributed by atoms with E-state index in [2.05, 4.69) is 140 Å². The van der Waals surface area contributed by atoms with Gasteiger partial charge in [0.15, 0.2) is 22.3 Å². The van der Waals surface area contributed by atoms with E-state index < -0.39 is 24.1 Å². The quantitative estimate of drug-likeness (QED) is 0.0249. The van der Waals surface area contributed by atoms with E-state index in [1.54, 1.807) is 51.8 Å². The van der Waals surface area contributed by atoms with Gasteiger partial charge in [-0.15, -0.1) is 11.3 Å². The summed E-state index contributed by atoms with van der Waals surface area (Å²) in [5, 5.41) is 64.5. The average Bonchev–Trinajstić information content (AvgIpc) is 1.74. The number of thiazole rings is 6. The van der Waals surface area contributed by atoms with Gasteiger partial charge in [0, 0.05) is 123 Å². The molecule has 6 aliphatic heterocycles. The van der Waals surface area contributed by atoms with Crippen molar-refractivity contribution in [3.63, 3.8) is 0 Å². The number of aldehydes is 2. The van der Waals surface area contributed by atoms with E-state index in [0.717, 1.165) is 177 Å². The van der Waals surface area contributed by atoms with E-state index in [9.17, 15) is 38.9 Å². The van der Waals surface area contributed by atoms with Crippen LogP contribution in [0.4, 0.5) is 31.0 Å². The van der Waals surface area contributed by atoms with Crippen molar-refractivity contribution in [3.05, 3.63) is 222 Å². The van der Waals surface area contributed by atoms with Crippen molar-refractivity contribution in [1.82, 2.24) is 65.0 Å². The Kier molecular flexibility index (Phi) is 49.1. The number of carbonyl (C=O) groups excluding carboxylic acids is 4. The van der Waals surface area contributed by atoms with Crippen molar-refractivity contribution in [2.75, 3.05) is 93.2 Å². The molecule has 0 saturated carbocycles. The summed E-state index contributed by atoms with van der Waals surface area (Å²) in [5.74, 6) is -0.599. The molecule has 32 nitrogen and oxygen atoms in total. The Morgan fingerprint density at radius 3 is 1.19 bits per heavy atom. The Balaban J connectivity index is 0.000000220. The number of ether oxygens (including phenoxy) is 7. The number of carbonyl (C=O) groups is 4. The van der Waals surface area contributed by atoms with Crippen LogP contribution < -0.4 is 78.7 Å². The molecule has 0 aliphatic carbocycles. The normalized spacial score (nSPS) is 17.1. The topological polar surface area (TPSA) is 391 Å². The van der Waals surface area contributed by atoms with Gasteiger partial charge in [-0.1, -0.05) is 117 Å². The number of anilines is 3. The van der Waals surface area contributed by atoms with Crippen LogP contribution in [0.15, 0.2) is 159 Å². The average molecular weight is 2300 g/mol. The van der Waals surface area contributed by atoms with Crippen LogP contribution >= 0.6 is 132 Å². The number of aliphatic hydroxyl groups is 3. The fourth-order valence-electron chi connectivity index (χ4n) is 13.9. The molecule has 3 radical (unpaired) electrons. The number of aromatic nitrogens is 10. The number of hydrogen-bond donors (Lipinski definition) is 6. The van der Waals surface area contributed by atoms with Crippen LogP contribution in [0.1, 0.15) is 148 Å².